The molecule has 0 N–H and O–H groups in total. The molecule has 0 bridgehead atoms. The van der Waals surface area contributed by atoms with E-state index in [1.54, 1.807) is 6.07 Å². The van der Waals surface area contributed by atoms with E-state index in [2.05, 4.69) is 69.4 Å². The largest absolute Gasteiger partial charge is 0.416 e. The minimum Gasteiger partial charge on any atom is -0.309 e. The highest BCUT2D eigenvalue weighted by molar-refractivity contribution is 6.12. The van der Waals surface area contributed by atoms with E-state index in [0.29, 0.717) is 62.8 Å². The number of rotatable bonds is 6. The standard InChI is InChI=1S/C55H35F3N10/c1-30-61-31(2)64-53(63-30)36-15-21-50-44(26-36)41-9-5-7-11-47(41)67(50)49-19-13-34(28-59)23-43(49)46-25-35(40-18-17-39(55(56,57)58)24-38(40)29-60)14-20-52(46)68-48-12-8-6-10-42(48)45-27-37(16-22-51(45)68)54-65-32(3)62-33(4)66-54/h5-27H,1-4H3. The van der Waals surface area contributed by atoms with Crippen LogP contribution < -0.4 is 0 Å². The van der Waals surface area contributed by atoms with E-state index < -0.39 is 11.7 Å². The van der Waals surface area contributed by atoms with Crippen molar-refractivity contribution in [2.45, 2.75) is 33.9 Å². The van der Waals surface area contributed by atoms with Crippen LogP contribution in [0.1, 0.15) is 40.0 Å². The lowest BCUT2D eigenvalue weighted by Crippen LogP contribution is -2.05. The second-order valence-corrected chi connectivity index (χ2v) is 16.6. The van der Waals surface area contributed by atoms with Crippen molar-refractivity contribution >= 4 is 43.6 Å². The van der Waals surface area contributed by atoms with E-state index >= 15 is 0 Å². The second-order valence-electron chi connectivity index (χ2n) is 16.6. The summed E-state index contributed by atoms with van der Waals surface area (Å²) in [6, 6.07) is 47.2. The van der Waals surface area contributed by atoms with Gasteiger partial charge >= 0.3 is 6.18 Å². The number of halogens is 3. The first-order valence-corrected chi connectivity index (χ1v) is 21.6. The molecule has 0 radical (unpaired) electrons. The Morgan fingerprint density at radius 2 is 0.897 bits per heavy atom. The van der Waals surface area contributed by atoms with Crippen molar-refractivity contribution in [1.82, 2.24) is 39.0 Å². The van der Waals surface area contributed by atoms with Crippen LogP contribution >= 0.6 is 0 Å². The number of nitrogens with zero attached hydrogens (tertiary/aromatic N) is 10. The predicted octanol–water partition coefficient (Wildman–Crippen LogP) is 12.9. The molecular weight excluding hydrogens is 858 g/mol. The van der Waals surface area contributed by atoms with E-state index in [1.807, 2.05) is 125 Å². The van der Waals surface area contributed by atoms with Crippen LogP contribution in [0.25, 0.3) is 100 Å². The highest BCUT2D eigenvalue weighted by atomic mass is 19.4. The molecule has 0 unspecified atom stereocenters. The van der Waals surface area contributed by atoms with Gasteiger partial charge in [-0.1, -0.05) is 48.5 Å². The van der Waals surface area contributed by atoms with Gasteiger partial charge in [-0.3, -0.25) is 0 Å². The van der Waals surface area contributed by atoms with E-state index in [-0.39, 0.29) is 5.56 Å². The summed E-state index contributed by atoms with van der Waals surface area (Å²) in [5.41, 5.74) is 8.15. The summed E-state index contributed by atoms with van der Waals surface area (Å²) in [4.78, 5) is 27.4. The lowest BCUT2D eigenvalue weighted by Gasteiger charge is -2.20. The number of aryl methyl sites for hydroxylation is 4. The van der Waals surface area contributed by atoms with E-state index in [9.17, 15) is 23.7 Å². The highest BCUT2D eigenvalue weighted by Gasteiger charge is 2.31. The number of hydrogen-bond acceptors (Lipinski definition) is 8. The zero-order valence-electron chi connectivity index (χ0n) is 36.9. The monoisotopic (exact) mass is 892 g/mol. The fraction of sp³-hybridized carbons (Fsp3) is 0.0909. The van der Waals surface area contributed by atoms with Gasteiger partial charge in [-0.2, -0.15) is 23.7 Å². The summed E-state index contributed by atoms with van der Waals surface area (Å²) in [7, 11) is 0. The number of benzene rings is 7. The van der Waals surface area contributed by atoms with Gasteiger partial charge in [0, 0.05) is 43.8 Å². The van der Waals surface area contributed by atoms with Crippen LogP contribution in [-0.2, 0) is 6.18 Å². The van der Waals surface area contributed by atoms with Gasteiger partial charge in [-0.05, 0) is 130 Å². The van der Waals surface area contributed by atoms with Crippen LogP contribution in [0, 0.1) is 50.4 Å². The van der Waals surface area contributed by atoms with Crippen LogP contribution in [-0.4, -0.2) is 39.0 Å². The van der Waals surface area contributed by atoms with Gasteiger partial charge in [0.15, 0.2) is 11.6 Å². The van der Waals surface area contributed by atoms with Gasteiger partial charge in [0.05, 0.1) is 62.3 Å². The van der Waals surface area contributed by atoms with Crippen molar-refractivity contribution in [3.63, 3.8) is 0 Å². The molecule has 11 aromatic rings. The Morgan fingerprint density at radius 1 is 0.426 bits per heavy atom. The Bertz CT molecular complexity index is 3960. The molecule has 68 heavy (non-hydrogen) atoms. The van der Waals surface area contributed by atoms with Crippen LogP contribution in [0.2, 0.25) is 0 Å². The molecule has 4 aromatic heterocycles. The van der Waals surface area contributed by atoms with E-state index in [1.165, 1.54) is 6.07 Å². The maximum Gasteiger partial charge on any atom is 0.416 e. The summed E-state index contributed by atoms with van der Waals surface area (Å²) in [5, 5.41) is 24.6. The van der Waals surface area contributed by atoms with E-state index in [0.717, 1.165) is 78.2 Å². The highest BCUT2D eigenvalue weighted by Crippen LogP contribution is 2.44. The number of para-hydroxylation sites is 2. The molecule has 0 atom stereocenters. The first kappa shape index (κ1) is 41.6. The molecule has 0 saturated heterocycles. The number of alkyl halides is 3. The Morgan fingerprint density at radius 3 is 1.40 bits per heavy atom. The molecule has 0 fully saturated rings. The Labute approximate surface area is 386 Å². The molecule has 0 aliphatic heterocycles. The summed E-state index contributed by atoms with van der Waals surface area (Å²) in [5.74, 6) is 3.57. The minimum absolute atomic E-state index is 0.125. The normalized spacial score (nSPS) is 11.7. The Balaban J connectivity index is 1.22. The first-order chi connectivity index (χ1) is 32.9. The van der Waals surface area contributed by atoms with Gasteiger partial charge < -0.3 is 9.13 Å². The minimum atomic E-state index is -4.64. The molecule has 10 nitrogen and oxygen atoms in total. The summed E-state index contributed by atoms with van der Waals surface area (Å²) < 4.78 is 46.3. The summed E-state index contributed by atoms with van der Waals surface area (Å²) in [6.45, 7) is 7.35. The van der Waals surface area contributed by atoms with Gasteiger partial charge in [0.2, 0.25) is 0 Å². The van der Waals surface area contributed by atoms with Gasteiger partial charge in [-0.25, -0.2) is 29.9 Å². The molecule has 0 aliphatic rings. The maximum absolute atomic E-state index is 14.0. The molecular formula is C55H35F3N10. The molecule has 13 heteroatoms. The zero-order valence-corrected chi connectivity index (χ0v) is 36.9. The van der Waals surface area contributed by atoms with Crippen molar-refractivity contribution in [3.8, 4) is 68.5 Å². The average molecular weight is 893 g/mol. The van der Waals surface area contributed by atoms with Crippen molar-refractivity contribution in [3.05, 3.63) is 180 Å². The second kappa shape index (κ2) is 15.8. The first-order valence-electron chi connectivity index (χ1n) is 21.6. The summed E-state index contributed by atoms with van der Waals surface area (Å²) in [6.07, 6.45) is -4.64. The quantitative estimate of drug-likeness (QED) is 0.161. The van der Waals surface area contributed by atoms with Crippen LogP contribution in [0.5, 0.6) is 0 Å². The van der Waals surface area contributed by atoms with E-state index in [4.69, 9.17) is 0 Å². The fourth-order valence-corrected chi connectivity index (χ4v) is 9.43. The topological polar surface area (TPSA) is 135 Å². The Hall–Kier alpha value is -9.07. The summed E-state index contributed by atoms with van der Waals surface area (Å²) >= 11 is 0. The lowest BCUT2D eigenvalue weighted by molar-refractivity contribution is -0.137. The molecule has 0 spiro atoms. The van der Waals surface area contributed by atoms with Crippen LogP contribution in [0.15, 0.2) is 140 Å². The van der Waals surface area contributed by atoms with Gasteiger partial charge in [-0.15, -0.1) is 0 Å². The molecule has 326 valence electrons. The number of aromatic nitrogens is 8. The van der Waals surface area contributed by atoms with Crippen molar-refractivity contribution < 1.29 is 13.2 Å². The zero-order chi connectivity index (χ0) is 47.0. The van der Waals surface area contributed by atoms with Crippen LogP contribution in [0.4, 0.5) is 13.2 Å². The van der Waals surface area contributed by atoms with Crippen molar-refractivity contribution in [2.24, 2.45) is 0 Å². The molecule has 4 heterocycles. The third-order valence-electron chi connectivity index (χ3n) is 12.3. The lowest BCUT2D eigenvalue weighted by atomic mass is 9.92. The predicted molar refractivity (Wildman–Crippen MR) is 257 cm³/mol. The number of fused-ring (bicyclic) bond motifs is 6. The smallest absolute Gasteiger partial charge is 0.309 e. The van der Waals surface area contributed by atoms with Gasteiger partial charge in [0.1, 0.15) is 23.3 Å². The van der Waals surface area contributed by atoms with Crippen molar-refractivity contribution in [2.75, 3.05) is 0 Å². The molecule has 11 rings (SSSR count). The van der Waals surface area contributed by atoms with Gasteiger partial charge in [0.25, 0.3) is 0 Å². The van der Waals surface area contributed by atoms with Crippen molar-refractivity contribution in [1.29, 1.82) is 10.5 Å². The fourth-order valence-electron chi connectivity index (χ4n) is 9.43. The third kappa shape index (κ3) is 6.96. The molecule has 0 saturated carbocycles. The molecule has 7 aromatic carbocycles. The average Bonchev–Trinajstić information content (AvgIpc) is 3.84. The molecule has 0 aliphatic carbocycles. The third-order valence-corrected chi connectivity index (χ3v) is 12.3. The SMILES string of the molecule is Cc1nc(C)nc(-c2ccc3c(c2)c2ccccc2n3-c2ccc(C#N)cc2-c2cc(-c3ccc(C(F)(F)F)cc3C#N)ccc2-n2c3ccccc3c3cc(-c4nc(C)nc(C)n4)ccc32)n1. The molecule has 0 amide bonds. The Kier molecular flexibility index (Phi) is 9.69. The maximum atomic E-state index is 14.0. The number of nitriles is 2. The number of hydrogen-bond donors (Lipinski definition) is 0. The van der Waals surface area contributed by atoms with Crippen LogP contribution in [0.3, 0.4) is 0 Å².